The number of fused-ring (bicyclic) bond motifs is 4. The first-order chi connectivity index (χ1) is 27.3. The topological polar surface area (TPSA) is 124 Å². The van der Waals surface area contributed by atoms with Crippen molar-refractivity contribution in [3.63, 3.8) is 0 Å². The summed E-state index contributed by atoms with van der Waals surface area (Å²) in [5.74, 6) is -4.82. The van der Waals surface area contributed by atoms with E-state index in [2.05, 4.69) is 12.2 Å². The number of halogens is 2. The minimum atomic E-state index is -0.981. The zero-order valence-corrected chi connectivity index (χ0v) is 33.8. The molecule has 2 aliphatic rings. The molecule has 10 nitrogen and oxygen atoms in total. The molecule has 1 N–H and O–H groups in total. The summed E-state index contributed by atoms with van der Waals surface area (Å²) in [7, 11) is 0. The number of benzene rings is 2. The van der Waals surface area contributed by atoms with E-state index < -0.39 is 51.7 Å². The molecule has 0 spiro atoms. The van der Waals surface area contributed by atoms with E-state index in [-0.39, 0.29) is 47.9 Å². The fraction of sp³-hybridized carbons (Fsp3) is 0.533. The molecule has 2 aliphatic heterocycles. The highest BCUT2D eigenvalue weighted by Gasteiger charge is 2.48. The van der Waals surface area contributed by atoms with Gasteiger partial charge in [0, 0.05) is 43.4 Å². The summed E-state index contributed by atoms with van der Waals surface area (Å²) in [5.41, 5.74) is -1.57. The van der Waals surface area contributed by atoms with Gasteiger partial charge in [-0.3, -0.25) is 19.2 Å². The highest BCUT2D eigenvalue weighted by molar-refractivity contribution is 6.01. The first-order valence-corrected chi connectivity index (χ1v) is 20.6. The summed E-state index contributed by atoms with van der Waals surface area (Å²) < 4.78 is 40.7. The Kier molecular flexibility index (Phi) is 15.2. The second kappa shape index (κ2) is 20.0. The molecule has 1 saturated heterocycles. The van der Waals surface area contributed by atoms with Crippen molar-refractivity contribution in [2.45, 2.75) is 142 Å². The lowest BCUT2D eigenvalue weighted by atomic mass is 9.82. The van der Waals surface area contributed by atoms with Gasteiger partial charge in [0.1, 0.15) is 23.8 Å². The molecular formula is C45H57F2N3O7. The van der Waals surface area contributed by atoms with Crippen molar-refractivity contribution < 1.29 is 37.4 Å². The van der Waals surface area contributed by atoms with Crippen LogP contribution in [0.2, 0.25) is 0 Å². The number of nitrogens with one attached hydrogen (secondary N) is 1. The maximum Gasteiger partial charge on any atom is 0.343 e. The molecule has 3 heterocycles. The lowest BCUT2D eigenvalue weighted by Gasteiger charge is -2.46. The van der Waals surface area contributed by atoms with Crippen LogP contribution in [0.3, 0.4) is 0 Å². The van der Waals surface area contributed by atoms with Crippen LogP contribution in [0.4, 0.5) is 8.78 Å². The van der Waals surface area contributed by atoms with Gasteiger partial charge in [0.25, 0.3) is 11.8 Å². The molecule has 1 aromatic heterocycles. The van der Waals surface area contributed by atoms with Crippen LogP contribution in [0.5, 0.6) is 5.75 Å². The van der Waals surface area contributed by atoms with E-state index in [4.69, 9.17) is 9.47 Å². The third-order valence-corrected chi connectivity index (χ3v) is 11.7. The number of unbranched alkanes of at least 4 members (excludes halogenated alkanes) is 10. The van der Waals surface area contributed by atoms with E-state index in [0.29, 0.717) is 31.0 Å². The third-order valence-electron chi connectivity index (χ3n) is 11.7. The minimum Gasteiger partial charge on any atom is -0.461 e. The molecule has 0 saturated carbocycles. The number of rotatable bonds is 19. The Morgan fingerprint density at radius 1 is 0.877 bits per heavy atom. The first-order valence-electron chi connectivity index (χ1n) is 20.6. The van der Waals surface area contributed by atoms with Gasteiger partial charge in [-0.2, -0.15) is 0 Å². The van der Waals surface area contributed by atoms with Crippen LogP contribution in [0, 0.1) is 17.6 Å². The lowest BCUT2D eigenvalue weighted by Crippen LogP contribution is -2.56. The van der Waals surface area contributed by atoms with Gasteiger partial charge in [0.2, 0.25) is 11.2 Å². The average Bonchev–Trinajstić information content (AvgIpc) is 3.29. The van der Waals surface area contributed by atoms with Gasteiger partial charge in [-0.05, 0) is 62.8 Å². The number of esters is 2. The maximum atomic E-state index is 14.4. The van der Waals surface area contributed by atoms with Crippen molar-refractivity contribution in [3.8, 4) is 5.75 Å². The Balaban J connectivity index is 1.26. The second-order valence-corrected chi connectivity index (χ2v) is 16.0. The Morgan fingerprint density at radius 2 is 1.53 bits per heavy atom. The molecule has 12 heteroatoms. The summed E-state index contributed by atoms with van der Waals surface area (Å²) in [6.45, 7) is 8.12. The number of carbonyl (C=O) groups excluding carboxylic acids is 4. The van der Waals surface area contributed by atoms with Crippen molar-refractivity contribution in [1.29, 1.82) is 0 Å². The second-order valence-electron chi connectivity index (χ2n) is 16.0. The van der Waals surface area contributed by atoms with Crippen LogP contribution in [0.15, 0.2) is 53.5 Å². The lowest BCUT2D eigenvalue weighted by molar-refractivity contribution is -0.145. The van der Waals surface area contributed by atoms with Crippen molar-refractivity contribution >= 4 is 23.8 Å². The number of carbonyl (C=O) groups is 4. The fourth-order valence-electron chi connectivity index (χ4n) is 7.78. The van der Waals surface area contributed by atoms with Gasteiger partial charge in [-0.25, -0.2) is 13.6 Å². The highest BCUT2D eigenvalue weighted by atomic mass is 19.1. The van der Waals surface area contributed by atoms with Crippen molar-refractivity contribution in [2.75, 3.05) is 6.54 Å². The quantitative estimate of drug-likeness (QED) is 0.0950. The Bertz CT molecular complexity index is 1960. The SMILES string of the molecule is CCCCCCCCCCCCCC(=O)OCc1ccc(C(=O)Oc2c3n(cc(C(=O)NCc4ccc(F)cc4F)c2=O)C2(C)CN(C3=O)C(C)CCC2C)cc1. The number of ether oxygens (including phenoxy) is 2. The molecule has 2 aromatic carbocycles. The highest BCUT2D eigenvalue weighted by Crippen LogP contribution is 2.42. The molecule has 2 amide bonds. The fourth-order valence-corrected chi connectivity index (χ4v) is 7.78. The largest absolute Gasteiger partial charge is 0.461 e. The van der Waals surface area contributed by atoms with E-state index in [1.807, 2.05) is 20.8 Å². The van der Waals surface area contributed by atoms with E-state index in [9.17, 15) is 32.8 Å². The molecule has 5 rings (SSSR count). The molecule has 57 heavy (non-hydrogen) atoms. The monoisotopic (exact) mass is 789 g/mol. The number of nitrogens with zero attached hydrogens (tertiary/aromatic N) is 2. The van der Waals surface area contributed by atoms with Crippen molar-refractivity contribution in [3.05, 3.63) is 98.5 Å². The summed E-state index contributed by atoms with van der Waals surface area (Å²) in [6.07, 6.45) is 16.2. The van der Waals surface area contributed by atoms with Crippen LogP contribution < -0.4 is 15.5 Å². The number of hydrogen-bond donors (Lipinski definition) is 1. The van der Waals surface area contributed by atoms with Crippen LogP contribution in [-0.2, 0) is 28.2 Å². The van der Waals surface area contributed by atoms with Gasteiger partial charge in [0.05, 0.1) is 11.1 Å². The van der Waals surface area contributed by atoms with E-state index in [1.165, 1.54) is 75.8 Å². The number of amides is 2. The zero-order valence-electron chi connectivity index (χ0n) is 33.8. The van der Waals surface area contributed by atoms with Crippen LogP contribution in [0.25, 0.3) is 0 Å². The van der Waals surface area contributed by atoms with Crippen LogP contribution in [0.1, 0.15) is 160 Å². The molecule has 3 unspecified atom stereocenters. The Labute approximate surface area is 334 Å². The standard InChI is InChI=1S/C45H57F2N3O7/c1-5-6-7-8-9-10-11-12-13-14-15-16-38(51)56-28-32-19-21-33(22-20-32)44(55)57-41-39-43(54)49-29-45(4,30(2)17-18-31(49)3)50(39)27-36(40(41)52)42(53)48-26-34-23-24-35(46)25-37(34)47/h19-25,27,30-31H,5-18,26,28-29H2,1-4H3,(H,48,53). The summed E-state index contributed by atoms with van der Waals surface area (Å²) in [6, 6.07) is 8.97. The van der Waals surface area contributed by atoms with Crippen LogP contribution in [-0.4, -0.2) is 45.8 Å². The molecule has 0 aliphatic carbocycles. The summed E-state index contributed by atoms with van der Waals surface area (Å²) in [4.78, 5) is 69.5. The number of pyridine rings is 1. The van der Waals surface area contributed by atoms with Gasteiger partial charge >= 0.3 is 11.9 Å². The van der Waals surface area contributed by atoms with Crippen LogP contribution >= 0.6 is 0 Å². The molecule has 2 bridgehead atoms. The van der Waals surface area contributed by atoms with Gasteiger partial charge in [-0.1, -0.05) is 96.3 Å². The molecule has 3 atom stereocenters. The predicted molar refractivity (Wildman–Crippen MR) is 213 cm³/mol. The zero-order chi connectivity index (χ0) is 41.1. The molecular weight excluding hydrogens is 733 g/mol. The molecule has 308 valence electrons. The van der Waals surface area contributed by atoms with Crippen molar-refractivity contribution in [2.24, 2.45) is 5.92 Å². The Morgan fingerprint density at radius 3 is 2.18 bits per heavy atom. The summed E-state index contributed by atoms with van der Waals surface area (Å²) >= 11 is 0. The minimum absolute atomic E-state index is 0.00109. The van der Waals surface area contributed by atoms with E-state index in [0.717, 1.165) is 31.7 Å². The number of aromatic nitrogens is 1. The molecule has 3 aromatic rings. The normalized spacial score (nSPS) is 18.8. The summed E-state index contributed by atoms with van der Waals surface area (Å²) in [5, 5.41) is 2.51. The maximum absolute atomic E-state index is 14.4. The van der Waals surface area contributed by atoms with E-state index >= 15 is 0 Å². The van der Waals surface area contributed by atoms with Gasteiger partial charge < -0.3 is 24.3 Å². The average molecular weight is 790 g/mol. The van der Waals surface area contributed by atoms with Gasteiger partial charge in [0.15, 0.2) is 5.69 Å². The number of hydrogen-bond acceptors (Lipinski definition) is 7. The van der Waals surface area contributed by atoms with Gasteiger partial charge in [-0.15, -0.1) is 0 Å². The smallest absolute Gasteiger partial charge is 0.343 e. The molecule has 0 radical (unpaired) electrons. The third kappa shape index (κ3) is 10.8. The van der Waals surface area contributed by atoms with E-state index in [1.54, 1.807) is 21.6 Å². The first kappa shape index (κ1) is 43.3. The Hall–Kier alpha value is -4.87. The van der Waals surface area contributed by atoms with Crippen molar-refractivity contribution in [1.82, 2.24) is 14.8 Å². The molecule has 1 fully saturated rings. The predicted octanol–water partition coefficient (Wildman–Crippen LogP) is 9.01.